The smallest absolute Gasteiger partial charge is 0.240 e. The summed E-state index contributed by atoms with van der Waals surface area (Å²) in [7, 11) is 0. The molecule has 0 bridgehead atoms. The van der Waals surface area contributed by atoms with Crippen LogP contribution in [0, 0.1) is 0 Å². The van der Waals surface area contributed by atoms with Crippen molar-refractivity contribution < 1.29 is 9.53 Å². The molecule has 0 fully saturated rings. The summed E-state index contributed by atoms with van der Waals surface area (Å²) in [5, 5.41) is 5.42. The van der Waals surface area contributed by atoms with Crippen LogP contribution in [-0.2, 0) is 4.79 Å². The summed E-state index contributed by atoms with van der Waals surface area (Å²) in [6.07, 6.45) is 0.929. The van der Waals surface area contributed by atoms with Crippen LogP contribution in [0.2, 0.25) is 0 Å². The first-order chi connectivity index (χ1) is 10.0. The number of benzene rings is 2. The highest BCUT2D eigenvalue weighted by molar-refractivity contribution is 5.85. The second-order valence-electron chi connectivity index (χ2n) is 5.42. The van der Waals surface area contributed by atoms with Crippen LogP contribution in [0.4, 0.5) is 0 Å². The van der Waals surface area contributed by atoms with Crippen LogP contribution in [0.3, 0.4) is 0 Å². The summed E-state index contributed by atoms with van der Waals surface area (Å²) in [4.78, 5) is 11.6. The van der Waals surface area contributed by atoms with Crippen molar-refractivity contribution in [3.63, 3.8) is 0 Å². The fourth-order valence-electron chi connectivity index (χ4n) is 2.10. The van der Waals surface area contributed by atoms with Gasteiger partial charge in [-0.1, -0.05) is 37.3 Å². The number of rotatable bonds is 7. The molecular formula is C17H22N2O2. The van der Waals surface area contributed by atoms with Crippen molar-refractivity contribution in [1.82, 2.24) is 5.32 Å². The summed E-state index contributed by atoms with van der Waals surface area (Å²) in [6.45, 7) is 4.74. The molecule has 0 radical (unpaired) electrons. The molecule has 21 heavy (non-hydrogen) atoms. The van der Waals surface area contributed by atoms with Gasteiger partial charge in [0.15, 0.2) is 0 Å². The van der Waals surface area contributed by atoms with Crippen molar-refractivity contribution >= 4 is 16.7 Å². The quantitative estimate of drug-likeness (QED) is 0.822. The van der Waals surface area contributed by atoms with Crippen molar-refractivity contribution in [2.24, 2.45) is 5.73 Å². The Hall–Kier alpha value is -2.07. The second-order valence-corrected chi connectivity index (χ2v) is 5.42. The normalized spacial score (nSPS) is 13.8. The lowest BCUT2D eigenvalue weighted by Crippen LogP contribution is -2.57. The van der Waals surface area contributed by atoms with Gasteiger partial charge < -0.3 is 15.8 Å². The lowest BCUT2D eigenvalue weighted by molar-refractivity contribution is -0.125. The molecule has 1 unspecified atom stereocenters. The lowest BCUT2D eigenvalue weighted by Gasteiger charge is -2.27. The zero-order chi connectivity index (χ0) is 15.3. The number of nitrogens with two attached hydrogens (primary N) is 1. The number of hydrogen-bond donors (Lipinski definition) is 2. The first-order valence-corrected chi connectivity index (χ1v) is 7.22. The fraction of sp³-hybridized carbons (Fsp3) is 0.353. The molecule has 0 aliphatic heterocycles. The molecule has 4 nitrogen and oxygen atoms in total. The average Bonchev–Trinajstić information content (AvgIpc) is 2.50. The van der Waals surface area contributed by atoms with Crippen LogP contribution < -0.4 is 15.8 Å². The minimum Gasteiger partial charge on any atom is -0.491 e. The van der Waals surface area contributed by atoms with Crippen LogP contribution in [0.1, 0.15) is 20.3 Å². The Morgan fingerprint density at radius 2 is 1.95 bits per heavy atom. The van der Waals surface area contributed by atoms with Crippen LogP contribution >= 0.6 is 0 Å². The number of ether oxygens (including phenoxy) is 1. The van der Waals surface area contributed by atoms with Crippen molar-refractivity contribution in [2.75, 3.05) is 13.2 Å². The molecule has 0 spiro atoms. The average molecular weight is 286 g/mol. The molecule has 1 amide bonds. The maximum atomic E-state index is 11.6. The van der Waals surface area contributed by atoms with Crippen molar-refractivity contribution in [3.8, 4) is 5.75 Å². The van der Waals surface area contributed by atoms with E-state index in [1.807, 2.05) is 43.3 Å². The van der Waals surface area contributed by atoms with E-state index < -0.39 is 11.4 Å². The molecule has 2 aromatic carbocycles. The van der Waals surface area contributed by atoms with E-state index in [1.54, 1.807) is 6.92 Å². The van der Waals surface area contributed by atoms with Gasteiger partial charge in [0.1, 0.15) is 17.9 Å². The van der Waals surface area contributed by atoms with E-state index in [2.05, 4.69) is 11.4 Å². The maximum absolute atomic E-state index is 11.6. The van der Waals surface area contributed by atoms with E-state index in [1.165, 1.54) is 0 Å². The number of amides is 1. The molecule has 2 rings (SSSR count). The highest BCUT2D eigenvalue weighted by Gasteiger charge is 2.31. The van der Waals surface area contributed by atoms with Gasteiger partial charge in [-0.05, 0) is 42.8 Å². The molecule has 0 aromatic heterocycles. The lowest BCUT2D eigenvalue weighted by atomic mass is 10.0. The topological polar surface area (TPSA) is 64.3 Å². The van der Waals surface area contributed by atoms with Gasteiger partial charge in [0.2, 0.25) is 5.91 Å². The molecule has 0 heterocycles. The van der Waals surface area contributed by atoms with Crippen molar-refractivity contribution in [2.45, 2.75) is 25.8 Å². The van der Waals surface area contributed by atoms with E-state index in [-0.39, 0.29) is 6.61 Å². The monoisotopic (exact) mass is 286 g/mol. The third-order valence-electron chi connectivity index (χ3n) is 3.56. The Bertz CT molecular complexity index is 627. The van der Waals surface area contributed by atoms with Gasteiger partial charge in [-0.2, -0.15) is 0 Å². The van der Waals surface area contributed by atoms with Crippen LogP contribution in [0.15, 0.2) is 42.5 Å². The highest BCUT2D eigenvalue weighted by Crippen LogP contribution is 2.21. The van der Waals surface area contributed by atoms with E-state index in [0.717, 1.165) is 29.5 Å². The predicted molar refractivity (Wildman–Crippen MR) is 85.3 cm³/mol. The number of carbonyl (C=O) groups is 1. The molecule has 3 N–H and O–H groups in total. The van der Waals surface area contributed by atoms with E-state index >= 15 is 0 Å². The number of primary amides is 1. The Kier molecular flexibility index (Phi) is 4.81. The summed E-state index contributed by atoms with van der Waals surface area (Å²) in [5.74, 6) is 0.330. The second kappa shape index (κ2) is 6.59. The fourth-order valence-corrected chi connectivity index (χ4v) is 2.10. The van der Waals surface area contributed by atoms with Crippen LogP contribution in [0.5, 0.6) is 5.75 Å². The summed E-state index contributed by atoms with van der Waals surface area (Å²) < 4.78 is 5.77. The molecule has 2 aromatic rings. The minimum atomic E-state index is -0.859. The van der Waals surface area contributed by atoms with Gasteiger partial charge in [0.25, 0.3) is 0 Å². The SMILES string of the molecule is CCCNC(C)(COc1ccc2ccccc2c1)C(N)=O. The van der Waals surface area contributed by atoms with Crippen molar-refractivity contribution in [1.29, 1.82) is 0 Å². The molecule has 0 saturated heterocycles. The number of carbonyl (C=O) groups excluding carboxylic acids is 1. The molecule has 0 aliphatic carbocycles. The standard InChI is InChI=1S/C17H22N2O2/c1-3-10-19-17(2,16(18)20)12-21-15-9-8-13-6-4-5-7-14(13)11-15/h4-9,11,19H,3,10,12H2,1-2H3,(H2,18,20). The van der Waals surface area contributed by atoms with E-state index in [4.69, 9.17) is 10.5 Å². The molecule has 4 heteroatoms. The number of fused-ring (bicyclic) bond motifs is 1. The van der Waals surface area contributed by atoms with Gasteiger partial charge >= 0.3 is 0 Å². The van der Waals surface area contributed by atoms with Gasteiger partial charge in [0, 0.05) is 0 Å². The molecule has 0 aliphatic rings. The zero-order valence-electron chi connectivity index (χ0n) is 12.6. The highest BCUT2D eigenvalue weighted by atomic mass is 16.5. The minimum absolute atomic E-state index is 0.209. The Balaban J connectivity index is 2.10. The summed E-state index contributed by atoms with van der Waals surface area (Å²) in [6, 6.07) is 14.0. The third kappa shape index (κ3) is 3.73. The van der Waals surface area contributed by atoms with Gasteiger partial charge in [-0.25, -0.2) is 0 Å². The summed E-state index contributed by atoms with van der Waals surface area (Å²) >= 11 is 0. The van der Waals surface area contributed by atoms with E-state index in [9.17, 15) is 4.79 Å². The maximum Gasteiger partial charge on any atom is 0.240 e. The first-order valence-electron chi connectivity index (χ1n) is 7.22. The summed E-state index contributed by atoms with van der Waals surface area (Å²) in [5.41, 5.74) is 4.63. The van der Waals surface area contributed by atoms with Crippen LogP contribution in [-0.4, -0.2) is 24.6 Å². The largest absolute Gasteiger partial charge is 0.491 e. The molecule has 112 valence electrons. The Morgan fingerprint density at radius 3 is 2.62 bits per heavy atom. The number of hydrogen-bond acceptors (Lipinski definition) is 3. The molecular weight excluding hydrogens is 264 g/mol. The van der Waals surface area contributed by atoms with Gasteiger partial charge in [-0.3, -0.25) is 4.79 Å². The van der Waals surface area contributed by atoms with Gasteiger partial charge in [-0.15, -0.1) is 0 Å². The molecule has 0 saturated carbocycles. The number of nitrogens with one attached hydrogen (secondary N) is 1. The third-order valence-corrected chi connectivity index (χ3v) is 3.56. The van der Waals surface area contributed by atoms with E-state index in [0.29, 0.717) is 0 Å². The Labute approximate surface area is 125 Å². The predicted octanol–water partition coefficient (Wildman–Crippen LogP) is 2.46. The molecule has 1 atom stereocenters. The van der Waals surface area contributed by atoms with Gasteiger partial charge in [0.05, 0.1) is 0 Å². The van der Waals surface area contributed by atoms with Crippen molar-refractivity contribution in [3.05, 3.63) is 42.5 Å². The zero-order valence-corrected chi connectivity index (χ0v) is 12.6. The van der Waals surface area contributed by atoms with Crippen LogP contribution in [0.25, 0.3) is 10.8 Å². The Morgan fingerprint density at radius 1 is 1.24 bits per heavy atom. The first kappa shape index (κ1) is 15.3.